The zero-order chi connectivity index (χ0) is 22.0. The second-order valence-electron chi connectivity index (χ2n) is 8.77. The molecule has 6 nitrogen and oxygen atoms in total. The third-order valence-electron chi connectivity index (χ3n) is 5.02. The second-order valence-corrected chi connectivity index (χ2v) is 8.77. The number of aromatic amines is 1. The van der Waals surface area contributed by atoms with E-state index in [0.717, 1.165) is 17.0 Å². The van der Waals surface area contributed by atoms with Crippen LogP contribution < -0.4 is 0 Å². The van der Waals surface area contributed by atoms with Gasteiger partial charge in [0.05, 0.1) is 18.5 Å². The van der Waals surface area contributed by atoms with Crippen molar-refractivity contribution in [3.63, 3.8) is 0 Å². The summed E-state index contributed by atoms with van der Waals surface area (Å²) in [5, 5.41) is 7.50. The Bertz CT molecular complexity index is 666. The van der Waals surface area contributed by atoms with Crippen molar-refractivity contribution in [3.05, 3.63) is 17.0 Å². The van der Waals surface area contributed by atoms with Crippen LogP contribution in [-0.2, 0) is 25.5 Å². The molecule has 2 rings (SSSR count). The maximum absolute atomic E-state index is 12.0. The molecule has 0 aliphatic heterocycles. The molecule has 1 N–H and O–H groups in total. The van der Waals surface area contributed by atoms with Crippen LogP contribution in [0.4, 0.5) is 0 Å². The van der Waals surface area contributed by atoms with Crippen molar-refractivity contribution < 1.29 is 19.1 Å². The molecule has 6 heteroatoms. The van der Waals surface area contributed by atoms with Crippen LogP contribution in [0, 0.1) is 6.92 Å². The smallest absolute Gasteiger partial charge is 0.310 e. The molecule has 1 saturated carbocycles. The average molecular weight is 407 g/mol. The van der Waals surface area contributed by atoms with Crippen molar-refractivity contribution >= 4 is 17.5 Å². The monoisotopic (exact) mass is 406 g/mol. The van der Waals surface area contributed by atoms with E-state index in [4.69, 9.17) is 4.74 Å². The quantitative estimate of drug-likeness (QED) is 0.509. The van der Waals surface area contributed by atoms with Crippen molar-refractivity contribution in [2.24, 2.45) is 0 Å². The van der Waals surface area contributed by atoms with Gasteiger partial charge in [0.25, 0.3) is 0 Å². The molecule has 1 fully saturated rings. The van der Waals surface area contributed by atoms with Crippen molar-refractivity contribution in [1.29, 1.82) is 0 Å². The number of H-pyrrole nitrogens is 1. The summed E-state index contributed by atoms with van der Waals surface area (Å²) in [5.41, 5.74) is 2.70. The molecule has 29 heavy (non-hydrogen) atoms. The summed E-state index contributed by atoms with van der Waals surface area (Å²) >= 11 is 0. The molecule has 164 valence electrons. The number of carbonyl (C=O) groups is 3. The van der Waals surface area contributed by atoms with Crippen LogP contribution in [0.2, 0.25) is 0 Å². The lowest BCUT2D eigenvalue weighted by Crippen LogP contribution is -2.25. The highest BCUT2D eigenvalue weighted by Crippen LogP contribution is 2.34. The molecule has 1 aromatic rings. The Morgan fingerprint density at radius 3 is 2.07 bits per heavy atom. The van der Waals surface area contributed by atoms with Crippen molar-refractivity contribution in [2.75, 3.05) is 0 Å². The number of nitrogens with one attached hydrogen (secondary N) is 1. The average Bonchev–Trinajstić information content (AvgIpc) is 3.01. The first-order valence-corrected chi connectivity index (χ1v) is 10.9. The van der Waals surface area contributed by atoms with Gasteiger partial charge in [0.15, 0.2) is 0 Å². The highest BCUT2D eigenvalue weighted by molar-refractivity contribution is 5.98. The van der Waals surface area contributed by atoms with Gasteiger partial charge in [-0.05, 0) is 40.5 Å². The van der Waals surface area contributed by atoms with E-state index in [1.165, 1.54) is 32.1 Å². The zero-order valence-corrected chi connectivity index (χ0v) is 19.0. The molecular weight excluding hydrogens is 368 g/mol. The minimum Gasteiger partial charge on any atom is -0.460 e. The molecule has 0 saturated heterocycles. The van der Waals surface area contributed by atoms with E-state index in [0.29, 0.717) is 25.2 Å². The topological polar surface area (TPSA) is 89.1 Å². The van der Waals surface area contributed by atoms with Crippen LogP contribution in [-0.4, -0.2) is 33.3 Å². The molecule has 1 aliphatic rings. The Morgan fingerprint density at radius 1 is 1.03 bits per heavy atom. The summed E-state index contributed by atoms with van der Waals surface area (Å²) in [6, 6.07) is 0. The van der Waals surface area contributed by atoms with Crippen LogP contribution >= 0.6 is 0 Å². The lowest BCUT2D eigenvalue weighted by atomic mass is 9.85. The van der Waals surface area contributed by atoms with Gasteiger partial charge in [0.2, 0.25) is 0 Å². The first-order valence-electron chi connectivity index (χ1n) is 10.9. The highest BCUT2D eigenvalue weighted by Gasteiger charge is 2.25. The van der Waals surface area contributed by atoms with Gasteiger partial charge in [-0.3, -0.25) is 19.5 Å². The largest absolute Gasteiger partial charge is 0.460 e. The van der Waals surface area contributed by atoms with Crippen molar-refractivity contribution in [2.45, 2.75) is 111 Å². The Balaban J connectivity index is 0.000000396. The molecule has 1 heterocycles. The van der Waals surface area contributed by atoms with Gasteiger partial charge in [0.1, 0.15) is 17.2 Å². The van der Waals surface area contributed by atoms with Crippen LogP contribution in [0.25, 0.3) is 0 Å². The number of aromatic nitrogens is 2. The van der Waals surface area contributed by atoms with Gasteiger partial charge in [-0.2, -0.15) is 5.10 Å². The minimum absolute atomic E-state index is 0.0434. The SMILES string of the molecule is CCC(=O)CC(=O)CC.Cc1[nH]nc(C2CCCCC2)c1CC(=O)OC(C)(C)C. The predicted molar refractivity (Wildman–Crippen MR) is 114 cm³/mol. The number of Topliss-reactive ketones (excluding diaryl/α,β-unsaturated/α-hetero) is 2. The van der Waals surface area contributed by atoms with Crippen LogP contribution in [0.1, 0.15) is 109 Å². The van der Waals surface area contributed by atoms with E-state index in [1.54, 1.807) is 13.8 Å². The minimum atomic E-state index is -0.431. The number of nitrogens with zero attached hydrogens (tertiary/aromatic N) is 1. The lowest BCUT2D eigenvalue weighted by Gasteiger charge is -2.22. The van der Waals surface area contributed by atoms with Gasteiger partial charge in [-0.15, -0.1) is 0 Å². The molecule has 0 aromatic carbocycles. The van der Waals surface area contributed by atoms with Crippen LogP contribution in [0.5, 0.6) is 0 Å². The summed E-state index contributed by atoms with van der Waals surface area (Å²) in [4.78, 5) is 33.2. The Morgan fingerprint density at radius 2 is 1.59 bits per heavy atom. The van der Waals surface area contributed by atoms with Crippen molar-refractivity contribution in [1.82, 2.24) is 10.2 Å². The highest BCUT2D eigenvalue weighted by atomic mass is 16.6. The normalized spacial score (nSPS) is 14.7. The third kappa shape index (κ3) is 9.37. The number of ether oxygens (including phenoxy) is 1. The summed E-state index contributed by atoms with van der Waals surface area (Å²) < 4.78 is 5.43. The number of ketones is 2. The van der Waals surface area contributed by atoms with Gasteiger partial charge < -0.3 is 4.74 Å². The fourth-order valence-electron chi connectivity index (χ4n) is 3.40. The Hall–Kier alpha value is -1.98. The fraction of sp³-hybridized carbons (Fsp3) is 0.739. The molecule has 0 bridgehead atoms. The Kier molecular flexibility index (Phi) is 10.3. The van der Waals surface area contributed by atoms with Gasteiger partial charge in [-0.25, -0.2) is 0 Å². The number of hydrogen-bond acceptors (Lipinski definition) is 5. The van der Waals surface area contributed by atoms with E-state index in [1.807, 2.05) is 27.7 Å². The molecule has 0 atom stereocenters. The molecule has 0 spiro atoms. The number of aryl methyl sites for hydroxylation is 1. The summed E-state index contributed by atoms with van der Waals surface area (Å²) in [5.74, 6) is 0.425. The number of hydrogen-bond donors (Lipinski definition) is 1. The van der Waals surface area contributed by atoms with E-state index >= 15 is 0 Å². The number of rotatable bonds is 7. The van der Waals surface area contributed by atoms with Gasteiger partial charge in [-0.1, -0.05) is 33.1 Å². The second kappa shape index (κ2) is 11.9. The van der Waals surface area contributed by atoms with E-state index < -0.39 is 5.60 Å². The zero-order valence-electron chi connectivity index (χ0n) is 19.0. The summed E-state index contributed by atoms with van der Waals surface area (Å²) in [7, 11) is 0. The van der Waals surface area contributed by atoms with E-state index in [9.17, 15) is 14.4 Å². The molecule has 1 aromatic heterocycles. The number of carbonyl (C=O) groups excluding carboxylic acids is 3. The van der Waals surface area contributed by atoms with E-state index in [-0.39, 0.29) is 24.0 Å². The van der Waals surface area contributed by atoms with E-state index in [2.05, 4.69) is 10.2 Å². The maximum Gasteiger partial charge on any atom is 0.310 e. The lowest BCUT2D eigenvalue weighted by molar-refractivity contribution is -0.154. The maximum atomic E-state index is 12.0. The summed E-state index contributed by atoms with van der Waals surface area (Å²) in [6.07, 6.45) is 7.64. The molecule has 0 radical (unpaired) electrons. The molecular formula is C23H38N2O4. The predicted octanol–water partition coefficient (Wildman–Crippen LogP) is 4.98. The molecule has 0 unspecified atom stereocenters. The van der Waals surface area contributed by atoms with Gasteiger partial charge in [0, 0.05) is 30.0 Å². The van der Waals surface area contributed by atoms with Crippen LogP contribution in [0.15, 0.2) is 0 Å². The third-order valence-corrected chi connectivity index (χ3v) is 5.02. The fourth-order valence-corrected chi connectivity index (χ4v) is 3.40. The molecule has 1 aliphatic carbocycles. The molecule has 0 amide bonds. The first-order chi connectivity index (χ1) is 13.6. The van der Waals surface area contributed by atoms with Crippen LogP contribution in [0.3, 0.4) is 0 Å². The van der Waals surface area contributed by atoms with Crippen molar-refractivity contribution in [3.8, 4) is 0 Å². The first kappa shape index (κ1) is 25.1. The number of esters is 1. The van der Waals surface area contributed by atoms with Gasteiger partial charge >= 0.3 is 5.97 Å². The standard InChI is InChI=1S/C16H26N2O2.C7H12O2/c1-11-13(10-14(19)20-16(2,3)4)15(18-17-11)12-8-6-5-7-9-12;1-3-6(8)5-7(9)4-2/h12H,5-10H2,1-4H3,(H,17,18);3-5H2,1-2H3. The summed E-state index contributed by atoms with van der Waals surface area (Å²) in [6.45, 7) is 11.2. The Labute approximate surface area is 175 Å².